The van der Waals surface area contributed by atoms with Gasteiger partial charge in [0.2, 0.25) is 0 Å². The van der Waals surface area contributed by atoms with Gasteiger partial charge in [0.15, 0.2) is 9.89 Å². The highest BCUT2D eigenvalue weighted by Gasteiger charge is 2.32. The van der Waals surface area contributed by atoms with E-state index >= 15 is 0 Å². The zero-order valence-electron chi connectivity index (χ0n) is 19.8. The summed E-state index contributed by atoms with van der Waals surface area (Å²) < 4.78 is 8.56. The fraction of sp³-hybridized carbons (Fsp3) is 0.0968. The summed E-state index contributed by atoms with van der Waals surface area (Å²) in [6.07, 6.45) is 3.68. The van der Waals surface area contributed by atoms with Gasteiger partial charge in [0.25, 0.3) is 5.56 Å². The number of rotatable bonds is 4. The van der Waals surface area contributed by atoms with Crippen molar-refractivity contribution in [2.24, 2.45) is 4.99 Å². The minimum Gasteiger partial charge on any atom is -0.450 e. The van der Waals surface area contributed by atoms with E-state index in [0.29, 0.717) is 10.3 Å². The van der Waals surface area contributed by atoms with Crippen molar-refractivity contribution in [3.05, 3.63) is 145 Å². The molecule has 1 aliphatic heterocycles. The number of aryl methyl sites for hydroxylation is 1. The number of benzene rings is 3. The average molecular weight is 519 g/mol. The first kappa shape index (κ1) is 22.3. The summed E-state index contributed by atoms with van der Waals surface area (Å²) in [5, 5.41) is 0.791. The van der Waals surface area contributed by atoms with Crippen molar-refractivity contribution in [3.8, 4) is 0 Å². The van der Waals surface area contributed by atoms with Gasteiger partial charge in [-0.3, -0.25) is 9.36 Å². The Morgan fingerprint density at radius 2 is 1.65 bits per heavy atom. The molecule has 0 amide bonds. The lowest BCUT2D eigenvalue weighted by atomic mass is 9.83. The molecule has 1 aliphatic carbocycles. The second kappa shape index (κ2) is 9.21. The van der Waals surface area contributed by atoms with Crippen molar-refractivity contribution in [1.82, 2.24) is 4.57 Å². The normalized spacial score (nSPS) is 16.6. The molecule has 180 valence electrons. The molecule has 3 heterocycles. The van der Waals surface area contributed by atoms with Gasteiger partial charge in [0, 0.05) is 16.5 Å². The van der Waals surface area contributed by atoms with E-state index in [4.69, 9.17) is 9.41 Å². The van der Waals surface area contributed by atoms with Gasteiger partial charge in [0.1, 0.15) is 5.76 Å². The lowest BCUT2D eigenvalue weighted by Crippen LogP contribution is -2.38. The Bertz CT molecular complexity index is 1830. The Hall–Kier alpha value is -3.87. The summed E-state index contributed by atoms with van der Waals surface area (Å²) in [7, 11) is 0. The number of fused-ring (bicyclic) bond motifs is 3. The molecule has 0 unspecified atom stereocenters. The minimum absolute atomic E-state index is 0.0309. The Morgan fingerprint density at radius 3 is 2.49 bits per heavy atom. The number of allylic oxidation sites excluding steroid dienone is 1. The molecule has 0 N–H and O–H groups in total. The third kappa shape index (κ3) is 4.02. The molecule has 37 heavy (non-hydrogen) atoms. The zero-order valence-corrected chi connectivity index (χ0v) is 21.5. The Labute approximate surface area is 222 Å². The standard InChI is InChI=1S/C31H22N2O2S2/c34-30-26(19-22-16-18-27(35-22)36-23-12-5-2-6-13-23)37-31-32-28-24-14-8-7-9-20(24)15-17-25(28)29(33(30)31)21-10-3-1-4-11-21/h1-14,16,18-19,29H,15,17H2/b26-19-/t29-/m0/s1. The van der Waals surface area contributed by atoms with Gasteiger partial charge in [0.05, 0.1) is 16.3 Å². The van der Waals surface area contributed by atoms with Gasteiger partial charge in [-0.1, -0.05) is 95.9 Å². The average Bonchev–Trinajstić information content (AvgIpc) is 3.51. The van der Waals surface area contributed by atoms with E-state index in [1.54, 1.807) is 11.8 Å². The lowest BCUT2D eigenvalue weighted by Gasteiger charge is -2.30. The molecule has 3 aromatic carbocycles. The molecule has 0 spiro atoms. The number of hydrogen-bond donors (Lipinski definition) is 0. The molecule has 0 saturated heterocycles. The van der Waals surface area contributed by atoms with E-state index in [2.05, 4.69) is 48.5 Å². The first-order valence-electron chi connectivity index (χ1n) is 12.3. The fourth-order valence-corrected chi connectivity index (χ4v) is 6.94. The third-order valence-corrected chi connectivity index (χ3v) is 8.74. The fourth-order valence-electron chi connectivity index (χ4n) is 5.16. The van der Waals surface area contributed by atoms with Crippen molar-refractivity contribution < 1.29 is 4.42 Å². The molecule has 6 heteroatoms. The summed E-state index contributed by atoms with van der Waals surface area (Å²) in [5.74, 6) is 0.661. The number of hydrogen-bond acceptors (Lipinski definition) is 5. The predicted molar refractivity (Wildman–Crippen MR) is 148 cm³/mol. The second-order valence-corrected chi connectivity index (χ2v) is 11.2. The lowest BCUT2D eigenvalue weighted by molar-refractivity contribution is 0.466. The van der Waals surface area contributed by atoms with Crippen LogP contribution in [0.25, 0.3) is 11.8 Å². The maximum absolute atomic E-state index is 13.8. The van der Waals surface area contributed by atoms with E-state index < -0.39 is 0 Å². The Morgan fingerprint density at radius 1 is 0.892 bits per heavy atom. The van der Waals surface area contributed by atoms with Gasteiger partial charge in [-0.05, 0) is 53.8 Å². The number of thiazole rings is 1. The quantitative estimate of drug-likeness (QED) is 0.290. The van der Waals surface area contributed by atoms with Crippen molar-refractivity contribution in [2.75, 3.05) is 0 Å². The molecule has 7 rings (SSSR count). The van der Waals surface area contributed by atoms with Crippen molar-refractivity contribution in [3.63, 3.8) is 0 Å². The molecule has 0 radical (unpaired) electrons. The Kier molecular flexibility index (Phi) is 5.56. The van der Waals surface area contributed by atoms with Crippen LogP contribution in [0.1, 0.15) is 34.9 Å². The first-order chi connectivity index (χ1) is 18.2. The van der Waals surface area contributed by atoms with Crippen molar-refractivity contribution in [1.29, 1.82) is 0 Å². The monoisotopic (exact) mass is 518 g/mol. The first-order valence-corrected chi connectivity index (χ1v) is 13.9. The van der Waals surface area contributed by atoms with Crippen LogP contribution >= 0.6 is 23.1 Å². The molecule has 1 atom stereocenters. The molecule has 2 aromatic heterocycles. The molecule has 2 aliphatic rings. The van der Waals surface area contributed by atoms with E-state index in [-0.39, 0.29) is 11.6 Å². The van der Waals surface area contributed by atoms with Crippen LogP contribution in [0.3, 0.4) is 0 Å². The summed E-state index contributed by atoms with van der Waals surface area (Å²) in [5.41, 5.74) is 5.80. The molecule has 0 bridgehead atoms. The topological polar surface area (TPSA) is 47.5 Å². The number of aromatic nitrogens is 1. The highest BCUT2D eigenvalue weighted by atomic mass is 32.2. The molecule has 4 nitrogen and oxygen atoms in total. The Balaban J connectivity index is 1.36. The maximum Gasteiger partial charge on any atom is 0.271 e. The smallest absolute Gasteiger partial charge is 0.271 e. The van der Waals surface area contributed by atoms with Crippen molar-refractivity contribution >= 4 is 34.9 Å². The van der Waals surface area contributed by atoms with E-state index in [1.807, 2.05) is 59.2 Å². The van der Waals surface area contributed by atoms with Crippen LogP contribution in [-0.4, -0.2) is 4.57 Å². The van der Waals surface area contributed by atoms with Crippen LogP contribution in [0.5, 0.6) is 0 Å². The maximum atomic E-state index is 13.8. The van der Waals surface area contributed by atoms with Gasteiger partial charge in [-0.15, -0.1) is 0 Å². The van der Waals surface area contributed by atoms with E-state index in [1.165, 1.54) is 28.0 Å². The van der Waals surface area contributed by atoms with Crippen LogP contribution < -0.4 is 14.9 Å². The SMILES string of the molecule is O=c1/c(=C/c2ccc(Sc3ccccc3)o2)sc2n1[C@@H](c1ccccc1)C1=C(N=2)c2ccccc2CC1. The van der Waals surface area contributed by atoms with Crippen LogP contribution in [0, 0.1) is 0 Å². The van der Waals surface area contributed by atoms with Crippen LogP contribution in [0.4, 0.5) is 0 Å². The summed E-state index contributed by atoms with van der Waals surface area (Å²) in [4.78, 5) is 20.7. The third-order valence-electron chi connectivity index (χ3n) is 6.83. The number of furan rings is 1. The zero-order chi connectivity index (χ0) is 24.8. The summed E-state index contributed by atoms with van der Waals surface area (Å²) in [6, 6.07) is 32.6. The van der Waals surface area contributed by atoms with Crippen LogP contribution in [-0.2, 0) is 6.42 Å². The van der Waals surface area contributed by atoms with Crippen LogP contribution in [0.15, 0.2) is 127 Å². The van der Waals surface area contributed by atoms with Crippen LogP contribution in [0.2, 0.25) is 0 Å². The summed E-state index contributed by atoms with van der Waals surface area (Å²) in [6.45, 7) is 0. The highest BCUT2D eigenvalue weighted by molar-refractivity contribution is 7.99. The molecular weight excluding hydrogens is 496 g/mol. The predicted octanol–water partition coefficient (Wildman–Crippen LogP) is 6.06. The van der Waals surface area contributed by atoms with Crippen molar-refractivity contribution in [2.45, 2.75) is 28.9 Å². The largest absolute Gasteiger partial charge is 0.450 e. The van der Waals surface area contributed by atoms with E-state index in [0.717, 1.165) is 38.9 Å². The van der Waals surface area contributed by atoms with Gasteiger partial charge in [-0.2, -0.15) is 0 Å². The molecule has 0 saturated carbocycles. The van der Waals surface area contributed by atoms with Gasteiger partial charge >= 0.3 is 0 Å². The van der Waals surface area contributed by atoms with Gasteiger partial charge in [-0.25, -0.2) is 4.99 Å². The summed E-state index contributed by atoms with van der Waals surface area (Å²) >= 11 is 2.99. The number of nitrogens with zero attached hydrogens (tertiary/aromatic N) is 2. The molecule has 5 aromatic rings. The highest BCUT2D eigenvalue weighted by Crippen LogP contribution is 2.41. The minimum atomic E-state index is -0.163. The molecule has 0 fully saturated rings. The van der Waals surface area contributed by atoms with Gasteiger partial charge < -0.3 is 4.42 Å². The second-order valence-electron chi connectivity index (χ2n) is 9.10. The molecular formula is C31H22N2O2S2. The van der Waals surface area contributed by atoms with E-state index in [9.17, 15) is 4.79 Å².